The van der Waals surface area contributed by atoms with Crippen LogP contribution in [0.4, 0.5) is 11.6 Å². The first-order chi connectivity index (χ1) is 13.9. The van der Waals surface area contributed by atoms with Crippen LogP contribution in [0.1, 0.15) is 42.4 Å². The minimum absolute atomic E-state index is 0.0667. The second kappa shape index (κ2) is 8.73. The van der Waals surface area contributed by atoms with Gasteiger partial charge in [-0.1, -0.05) is 51.1 Å². The number of nitrogens with zero attached hydrogens (tertiary/aromatic N) is 2. The van der Waals surface area contributed by atoms with Crippen molar-refractivity contribution in [1.82, 2.24) is 9.97 Å². The molecule has 0 aliphatic heterocycles. The summed E-state index contributed by atoms with van der Waals surface area (Å²) in [5.41, 5.74) is 3.28. The van der Waals surface area contributed by atoms with Crippen LogP contribution in [0.3, 0.4) is 0 Å². The van der Waals surface area contributed by atoms with E-state index in [1.807, 2.05) is 48.5 Å². The molecule has 2 N–H and O–H groups in total. The summed E-state index contributed by atoms with van der Waals surface area (Å²) in [6.07, 6.45) is 1.56. The highest BCUT2D eigenvalue weighted by atomic mass is 16.5. The molecule has 0 aliphatic rings. The van der Waals surface area contributed by atoms with Crippen LogP contribution in [-0.2, 0) is 12.0 Å². The molecule has 0 spiro atoms. The molecule has 3 aromatic rings. The second-order valence-electron chi connectivity index (χ2n) is 7.71. The van der Waals surface area contributed by atoms with E-state index < -0.39 is 0 Å². The molecule has 3 rings (SSSR count). The summed E-state index contributed by atoms with van der Waals surface area (Å²) < 4.78 is 5.35. The number of hydrogen-bond donors (Lipinski definition) is 2. The predicted octanol–water partition coefficient (Wildman–Crippen LogP) is 4.65. The molecule has 0 saturated carbocycles. The first-order valence-electron chi connectivity index (χ1n) is 9.47. The van der Waals surface area contributed by atoms with Crippen molar-refractivity contribution in [2.75, 3.05) is 17.7 Å². The fourth-order valence-electron chi connectivity index (χ4n) is 2.84. The van der Waals surface area contributed by atoms with Gasteiger partial charge in [0.2, 0.25) is 5.95 Å². The standard InChI is InChI=1S/C23H26N4O2/c1-23(2,3)17-9-11-18(12-10-17)26-21(28)19-13-14-24-22(27-19)25-15-16-7-5-6-8-20(16)29-4/h5-14H,15H2,1-4H3,(H,26,28)(H,24,25,27). The van der Waals surface area contributed by atoms with Gasteiger partial charge in [-0.05, 0) is 35.2 Å². The summed E-state index contributed by atoms with van der Waals surface area (Å²) in [4.78, 5) is 21.1. The van der Waals surface area contributed by atoms with Crippen LogP contribution in [0, 0.1) is 0 Å². The zero-order valence-corrected chi connectivity index (χ0v) is 17.2. The Morgan fingerprint density at radius 3 is 2.45 bits per heavy atom. The van der Waals surface area contributed by atoms with Gasteiger partial charge in [-0.3, -0.25) is 4.79 Å². The number of carbonyl (C=O) groups is 1. The van der Waals surface area contributed by atoms with Gasteiger partial charge >= 0.3 is 0 Å². The van der Waals surface area contributed by atoms with E-state index in [4.69, 9.17) is 4.74 Å². The normalized spacial score (nSPS) is 11.0. The quantitative estimate of drug-likeness (QED) is 0.641. The lowest BCUT2D eigenvalue weighted by molar-refractivity contribution is 0.102. The van der Waals surface area contributed by atoms with Crippen LogP contribution in [-0.4, -0.2) is 23.0 Å². The van der Waals surface area contributed by atoms with Crippen molar-refractivity contribution in [2.24, 2.45) is 0 Å². The Hall–Kier alpha value is -3.41. The molecule has 1 aromatic heterocycles. The van der Waals surface area contributed by atoms with Crippen molar-refractivity contribution >= 4 is 17.5 Å². The van der Waals surface area contributed by atoms with E-state index in [2.05, 4.69) is 41.4 Å². The van der Waals surface area contributed by atoms with Gasteiger partial charge in [-0.2, -0.15) is 0 Å². The summed E-state index contributed by atoms with van der Waals surface area (Å²) >= 11 is 0. The first kappa shape index (κ1) is 20.3. The fraction of sp³-hybridized carbons (Fsp3) is 0.261. The van der Waals surface area contributed by atoms with E-state index in [9.17, 15) is 4.79 Å². The van der Waals surface area contributed by atoms with Crippen molar-refractivity contribution in [3.63, 3.8) is 0 Å². The largest absolute Gasteiger partial charge is 0.496 e. The molecule has 6 nitrogen and oxygen atoms in total. The molecule has 0 aliphatic carbocycles. The number of nitrogens with one attached hydrogen (secondary N) is 2. The van der Waals surface area contributed by atoms with Crippen LogP contribution < -0.4 is 15.4 Å². The Labute approximate surface area is 171 Å². The third kappa shape index (κ3) is 5.31. The monoisotopic (exact) mass is 390 g/mol. The molecule has 29 heavy (non-hydrogen) atoms. The Balaban J connectivity index is 1.66. The number of carbonyl (C=O) groups excluding carboxylic acids is 1. The van der Waals surface area contributed by atoms with Gasteiger partial charge in [0.05, 0.1) is 7.11 Å². The van der Waals surface area contributed by atoms with Crippen molar-refractivity contribution in [1.29, 1.82) is 0 Å². The summed E-state index contributed by atoms with van der Waals surface area (Å²) in [5, 5.41) is 6.02. The molecule has 6 heteroatoms. The van der Waals surface area contributed by atoms with E-state index in [-0.39, 0.29) is 11.3 Å². The molecule has 1 heterocycles. The molecule has 0 unspecified atom stereocenters. The third-order valence-electron chi connectivity index (χ3n) is 4.53. The highest BCUT2D eigenvalue weighted by Crippen LogP contribution is 2.23. The molecular weight excluding hydrogens is 364 g/mol. The summed E-state index contributed by atoms with van der Waals surface area (Å²) in [6, 6.07) is 17.2. The highest BCUT2D eigenvalue weighted by Gasteiger charge is 2.14. The lowest BCUT2D eigenvalue weighted by Crippen LogP contribution is -2.16. The minimum atomic E-state index is -0.281. The molecule has 0 bridgehead atoms. The Bertz CT molecular complexity index is 979. The van der Waals surface area contributed by atoms with E-state index in [1.54, 1.807) is 19.4 Å². The van der Waals surface area contributed by atoms with E-state index in [0.717, 1.165) is 17.0 Å². The summed E-state index contributed by atoms with van der Waals surface area (Å²) in [6.45, 7) is 6.95. The predicted molar refractivity (Wildman–Crippen MR) is 115 cm³/mol. The summed E-state index contributed by atoms with van der Waals surface area (Å²) in [5.74, 6) is 0.885. The van der Waals surface area contributed by atoms with Gasteiger partial charge in [0, 0.05) is 24.0 Å². The number of aromatic nitrogens is 2. The smallest absolute Gasteiger partial charge is 0.274 e. The van der Waals surface area contributed by atoms with E-state index in [1.165, 1.54) is 5.56 Å². The maximum absolute atomic E-state index is 12.6. The number of methoxy groups -OCH3 is 1. The Morgan fingerprint density at radius 1 is 1.03 bits per heavy atom. The zero-order valence-electron chi connectivity index (χ0n) is 17.2. The average Bonchev–Trinajstić information content (AvgIpc) is 2.72. The maximum Gasteiger partial charge on any atom is 0.274 e. The van der Waals surface area contributed by atoms with Gasteiger partial charge < -0.3 is 15.4 Å². The SMILES string of the molecule is COc1ccccc1CNc1nccc(C(=O)Nc2ccc(C(C)(C)C)cc2)n1. The highest BCUT2D eigenvalue weighted by molar-refractivity contribution is 6.02. The molecule has 1 amide bonds. The number of amides is 1. The van der Waals surface area contributed by atoms with Crippen LogP contribution in [0.25, 0.3) is 0 Å². The second-order valence-corrected chi connectivity index (χ2v) is 7.71. The van der Waals surface area contributed by atoms with Gasteiger partial charge in [-0.15, -0.1) is 0 Å². The zero-order chi connectivity index (χ0) is 20.9. The van der Waals surface area contributed by atoms with Crippen molar-refractivity contribution < 1.29 is 9.53 Å². The van der Waals surface area contributed by atoms with Gasteiger partial charge in [0.1, 0.15) is 11.4 Å². The maximum atomic E-state index is 12.6. The van der Waals surface area contributed by atoms with Crippen LogP contribution in [0.2, 0.25) is 0 Å². The molecule has 0 saturated heterocycles. The third-order valence-corrected chi connectivity index (χ3v) is 4.53. The lowest BCUT2D eigenvalue weighted by Gasteiger charge is -2.19. The van der Waals surface area contributed by atoms with Crippen molar-refractivity contribution in [2.45, 2.75) is 32.7 Å². The van der Waals surface area contributed by atoms with Crippen LogP contribution in [0.5, 0.6) is 5.75 Å². The average molecular weight is 390 g/mol. The Kier molecular flexibility index (Phi) is 6.12. The minimum Gasteiger partial charge on any atom is -0.496 e. The lowest BCUT2D eigenvalue weighted by atomic mass is 9.87. The first-order valence-corrected chi connectivity index (χ1v) is 9.47. The summed E-state index contributed by atoms with van der Waals surface area (Å²) in [7, 11) is 1.63. The number of benzene rings is 2. The number of hydrogen-bond acceptors (Lipinski definition) is 5. The Morgan fingerprint density at radius 2 is 1.76 bits per heavy atom. The fourth-order valence-corrected chi connectivity index (χ4v) is 2.84. The number of ether oxygens (including phenoxy) is 1. The topological polar surface area (TPSA) is 76.1 Å². The number of para-hydroxylation sites is 1. The van der Waals surface area contributed by atoms with E-state index >= 15 is 0 Å². The number of anilines is 2. The van der Waals surface area contributed by atoms with E-state index in [0.29, 0.717) is 18.2 Å². The molecule has 0 fully saturated rings. The molecule has 0 radical (unpaired) electrons. The van der Waals surface area contributed by atoms with Gasteiger partial charge in [0.15, 0.2) is 0 Å². The molecular formula is C23H26N4O2. The molecule has 0 atom stereocenters. The van der Waals surface area contributed by atoms with Crippen molar-refractivity contribution in [3.05, 3.63) is 77.6 Å². The molecule has 150 valence electrons. The van der Waals surface area contributed by atoms with Gasteiger partial charge in [-0.25, -0.2) is 9.97 Å². The molecule has 2 aromatic carbocycles. The van der Waals surface area contributed by atoms with Crippen LogP contribution >= 0.6 is 0 Å². The van der Waals surface area contributed by atoms with Gasteiger partial charge in [0.25, 0.3) is 5.91 Å². The number of rotatable bonds is 6. The van der Waals surface area contributed by atoms with Crippen molar-refractivity contribution in [3.8, 4) is 5.75 Å². The van der Waals surface area contributed by atoms with Crippen LogP contribution in [0.15, 0.2) is 60.8 Å².